The highest BCUT2D eigenvalue weighted by Gasteiger charge is 2.02. The molecule has 0 aromatic heterocycles. The molecule has 0 fully saturated rings. The number of hydrogen-bond acceptors (Lipinski definition) is 3. The van der Waals surface area contributed by atoms with Crippen LogP contribution >= 0.6 is 0 Å². The molecule has 3 nitrogen and oxygen atoms in total. The molecule has 0 aliphatic carbocycles. The van der Waals surface area contributed by atoms with E-state index >= 15 is 0 Å². The van der Waals surface area contributed by atoms with E-state index in [0.29, 0.717) is 5.75 Å². The van der Waals surface area contributed by atoms with Crippen molar-refractivity contribution in [2.75, 3.05) is 20.0 Å². The van der Waals surface area contributed by atoms with Crippen LogP contribution in [0.3, 0.4) is 0 Å². The number of para-hydroxylation sites is 1. The molecule has 0 bridgehead atoms. The molecule has 0 aliphatic rings. The summed E-state index contributed by atoms with van der Waals surface area (Å²) in [6, 6.07) is 13.5. The standard InChI is InChI=1S/C16H17NO2/c1-18-15-10-8-12(11-16(15)19-2)7-9-13-5-3-4-6-14(13)17/h3-11H,17H2,1-2H3. The minimum absolute atomic E-state index is 0.714. The molecule has 2 aromatic carbocycles. The summed E-state index contributed by atoms with van der Waals surface area (Å²) in [6.07, 6.45) is 3.98. The second kappa shape index (κ2) is 5.96. The Labute approximate surface area is 113 Å². The first-order valence-corrected chi connectivity index (χ1v) is 5.99. The van der Waals surface area contributed by atoms with Crippen molar-refractivity contribution in [1.29, 1.82) is 0 Å². The van der Waals surface area contributed by atoms with E-state index in [0.717, 1.165) is 22.6 Å². The highest BCUT2D eigenvalue weighted by atomic mass is 16.5. The summed E-state index contributed by atoms with van der Waals surface area (Å²) >= 11 is 0. The molecule has 0 atom stereocenters. The van der Waals surface area contributed by atoms with Gasteiger partial charge in [0, 0.05) is 5.69 Å². The number of hydrogen-bond donors (Lipinski definition) is 1. The third-order valence-corrected chi connectivity index (χ3v) is 2.86. The van der Waals surface area contributed by atoms with Crippen molar-refractivity contribution in [2.45, 2.75) is 0 Å². The molecule has 0 saturated heterocycles. The minimum Gasteiger partial charge on any atom is -0.493 e. The second-order valence-electron chi connectivity index (χ2n) is 4.08. The van der Waals surface area contributed by atoms with Crippen molar-refractivity contribution in [3.63, 3.8) is 0 Å². The summed E-state index contributed by atoms with van der Waals surface area (Å²) in [5, 5.41) is 0. The van der Waals surface area contributed by atoms with E-state index < -0.39 is 0 Å². The number of methoxy groups -OCH3 is 2. The Bertz CT molecular complexity index is 591. The molecule has 2 aromatic rings. The SMILES string of the molecule is COc1ccc(C=Cc2ccccc2N)cc1OC. The minimum atomic E-state index is 0.714. The van der Waals surface area contributed by atoms with Gasteiger partial charge in [0.15, 0.2) is 11.5 Å². The first-order valence-electron chi connectivity index (χ1n) is 5.99. The summed E-state index contributed by atoms with van der Waals surface area (Å²) < 4.78 is 10.5. The van der Waals surface area contributed by atoms with E-state index in [4.69, 9.17) is 15.2 Å². The fourth-order valence-electron chi connectivity index (χ4n) is 1.81. The lowest BCUT2D eigenvalue weighted by Gasteiger charge is -2.07. The lowest BCUT2D eigenvalue weighted by Crippen LogP contribution is -1.90. The molecular formula is C16H17NO2. The van der Waals surface area contributed by atoms with Crippen LogP contribution in [0.5, 0.6) is 11.5 Å². The number of ether oxygens (including phenoxy) is 2. The number of nitrogens with two attached hydrogens (primary N) is 1. The molecule has 0 amide bonds. The van der Waals surface area contributed by atoms with Crippen molar-refractivity contribution in [1.82, 2.24) is 0 Å². The van der Waals surface area contributed by atoms with Gasteiger partial charge in [0.2, 0.25) is 0 Å². The topological polar surface area (TPSA) is 44.5 Å². The van der Waals surface area contributed by atoms with Gasteiger partial charge in [-0.2, -0.15) is 0 Å². The van der Waals surface area contributed by atoms with Crippen molar-refractivity contribution in [2.24, 2.45) is 0 Å². The maximum Gasteiger partial charge on any atom is 0.161 e. The van der Waals surface area contributed by atoms with E-state index in [2.05, 4.69) is 0 Å². The predicted octanol–water partition coefficient (Wildman–Crippen LogP) is 3.46. The van der Waals surface area contributed by atoms with Crippen LogP contribution in [-0.4, -0.2) is 14.2 Å². The van der Waals surface area contributed by atoms with Gasteiger partial charge >= 0.3 is 0 Å². The molecule has 3 heteroatoms. The molecule has 0 saturated carbocycles. The van der Waals surface area contributed by atoms with E-state index in [1.165, 1.54) is 0 Å². The lowest BCUT2D eigenvalue weighted by atomic mass is 10.1. The van der Waals surface area contributed by atoms with Crippen molar-refractivity contribution < 1.29 is 9.47 Å². The van der Waals surface area contributed by atoms with Crippen LogP contribution in [0.2, 0.25) is 0 Å². The normalized spacial score (nSPS) is 10.6. The second-order valence-corrected chi connectivity index (χ2v) is 4.08. The maximum absolute atomic E-state index is 5.89. The molecule has 0 spiro atoms. The predicted molar refractivity (Wildman–Crippen MR) is 79.3 cm³/mol. The van der Waals surface area contributed by atoms with Gasteiger partial charge in [-0.3, -0.25) is 0 Å². The van der Waals surface area contributed by atoms with E-state index in [1.54, 1.807) is 14.2 Å². The van der Waals surface area contributed by atoms with Crippen LogP contribution in [0, 0.1) is 0 Å². The molecular weight excluding hydrogens is 238 g/mol. The van der Waals surface area contributed by atoms with Gasteiger partial charge in [-0.15, -0.1) is 0 Å². The highest BCUT2D eigenvalue weighted by molar-refractivity contribution is 5.76. The van der Waals surface area contributed by atoms with Crippen LogP contribution in [0.1, 0.15) is 11.1 Å². The largest absolute Gasteiger partial charge is 0.493 e. The Morgan fingerprint density at radius 2 is 1.63 bits per heavy atom. The zero-order chi connectivity index (χ0) is 13.7. The lowest BCUT2D eigenvalue weighted by molar-refractivity contribution is 0.355. The highest BCUT2D eigenvalue weighted by Crippen LogP contribution is 2.28. The number of nitrogen functional groups attached to an aromatic ring is 1. The molecule has 0 unspecified atom stereocenters. The van der Waals surface area contributed by atoms with Gasteiger partial charge in [0.1, 0.15) is 0 Å². The van der Waals surface area contributed by atoms with E-state index in [1.807, 2.05) is 54.6 Å². The van der Waals surface area contributed by atoms with E-state index in [-0.39, 0.29) is 0 Å². The summed E-state index contributed by atoms with van der Waals surface area (Å²) in [4.78, 5) is 0. The van der Waals surface area contributed by atoms with Gasteiger partial charge in [-0.25, -0.2) is 0 Å². The smallest absolute Gasteiger partial charge is 0.161 e. The van der Waals surface area contributed by atoms with E-state index in [9.17, 15) is 0 Å². The summed E-state index contributed by atoms with van der Waals surface area (Å²) in [6.45, 7) is 0. The Morgan fingerprint density at radius 3 is 2.32 bits per heavy atom. The van der Waals surface area contributed by atoms with Crippen molar-refractivity contribution in [3.05, 3.63) is 53.6 Å². The molecule has 19 heavy (non-hydrogen) atoms. The fraction of sp³-hybridized carbons (Fsp3) is 0.125. The molecule has 0 radical (unpaired) electrons. The number of anilines is 1. The number of rotatable bonds is 4. The van der Waals surface area contributed by atoms with Crippen LogP contribution in [0.25, 0.3) is 12.2 Å². The zero-order valence-corrected chi connectivity index (χ0v) is 11.1. The third kappa shape index (κ3) is 3.07. The molecule has 2 rings (SSSR count). The first kappa shape index (κ1) is 13.0. The summed E-state index contributed by atoms with van der Waals surface area (Å²) in [5.74, 6) is 1.43. The molecule has 0 aliphatic heterocycles. The van der Waals surface area contributed by atoms with Gasteiger partial charge in [0.25, 0.3) is 0 Å². The van der Waals surface area contributed by atoms with Gasteiger partial charge in [-0.05, 0) is 29.3 Å². The van der Waals surface area contributed by atoms with Gasteiger partial charge < -0.3 is 15.2 Å². The Balaban J connectivity index is 2.26. The quantitative estimate of drug-likeness (QED) is 0.672. The summed E-state index contributed by atoms with van der Waals surface area (Å²) in [7, 11) is 3.25. The van der Waals surface area contributed by atoms with Crippen LogP contribution in [-0.2, 0) is 0 Å². The molecule has 0 heterocycles. The Morgan fingerprint density at radius 1 is 0.895 bits per heavy atom. The molecule has 2 N–H and O–H groups in total. The average molecular weight is 255 g/mol. The van der Waals surface area contributed by atoms with Crippen molar-refractivity contribution in [3.8, 4) is 11.5 Å². The number of benzene rings is 2. The Kier molecular flexibility index (Phi) is 4.08. The monoisotopic (exact) mass is 255 g/mol. The van der Waals surface area contributed by atoms with Crippen LogP contribution < -0.4 is 15.2 Å². The fourth-order valence-corrected chi connectivity index (χ4v) is 1.81. The summed E-state index contributed by atoms with van der Waals surface area (Å²) in [5.41, 5.74) is 8.68. The van der Waals surface area contributed by atoms with Gasteiger partial charge in [-0.1, -0.05) is 36.4 Å². The Hall–Kier alpha value is -2.42. The molecule has 98 valence electrons. The van der Waals surface area contributed by atoms with Gasteiger partial charge in [0.05, 0.1) is 14.2 Å². The first-order chi connectivity index (χ1) is 9.24. The average Bonchev–Trinajstić information content (AvgIpc) is 2.46. The maximum atomic E-state index is 5.89. The van der Waals surface area contributed by atoms with Crippen molar-refractivity contribution >= 4 is 17.8 Å². The van der Waals surface area contributed by atoms with Crippen LogP contribution in [0.15, 0.2) is 42.5 Å². The third-order valence-electron chi connectivity index (χ3n) is 2.86. The zero-order valence-electron chi connectivity index (χ0n) is 11.1. The van der Waals surface area contributed by atoms with Crippen LogP contribution in [0.4, 0.5) is 5.69 Å².